The Bertz CT molecular complexity index is 1010. The van der Waals surface area contributed by atoms with Gasteiger partial charge in [0.05, 0.1) is 17.1 Å². The molecule has 2 amide bonds. The number of aromatic nitrogens is 2. The summed E-state index contributed by atoms with van der Waals surface area (Å²) in [5.74, 6) is -0.0784. The maximum absolute atomic E-state index is 12.4. The molecule has 0 spiro atoms. The number of anilines is 1. The third-order valence-corrected chi connectivity index (χ3v) is 7.08. The number of imide groups is 1. The second-order valence-corrected chi connectivity index (χ2v) is 9.12. The second kappa shape index (κ2) is 8.59. The maximum atomic E-state index is 12.4. The molecule has 166 valence electrons. The number of aryl methyl sites for hydroxylation is 1. The molecule has 1 unspecified atom stereocenters. The van der Waals surface area contributed by atoms with E-state index < -0.39 is 0 Å². The average molecular weight is 426 g/mol. The van der Waals surface area contributed by atoms with E-state index in [-0.39, 0.29) is 17.7 Å². The van der Waals surface area contributed by atoms with Crippen LogP contribution < -0.4 is 15.5 Å². The van der Waals surface area contributed by atoms with Crippen molar-refractivity contribution in [3.63, 3.8) is 0 Å². The zero-order valence-electron chi connectivity index (χ0n) is 19.2. The van der Waals surface area contributed by atoms with Gasteiger partial charge in [0, 0.05) is 70.4 Å². The van der Waals surface area contributed by atoms with Crippen LogP contribution in [0.3, 0.4) is 0 Å². The minimum Gasteiger partial charge on any atom is -0.371 e. The fourth-order valence-electron chi connectivity index (χ4n) is 5.25. The van der Waals surface area contributed by atoms with E-state index in [9.17, 15) is 9.59 Å². The molecule has 1 aromatic heterocycles. The highest BCUT2D eigenvalue weighted by Gasteiger charge is 2.32. The Balaban J connectivity index is 1.25. The Hall–Kier alpha value is -2.45. The van der Waals surface area contributed by atoms with Gasteiger partial charge in [0.1, 0.15) is 1.41 Å². The number of hydrogen-bond acceptors (Lipinski definition) is 6. The van der Waals surface area contributed by atoms with Gasteiger partial charge in [-0.3, -0.25) is 19.6 Å². The number of piperidine rings is 2. The van der Waals surface area contributed by atoms with Gasteiger partial charge in [-0.15, -0.1) is 0 Å². The molecule has 31 heavy (non-hydrogen) atoms. The van der Waals surface area contributed by atoms with Gasteiger partial charge in [-0.2, -0.15) is 5.10 Å². The number of nitrogens with one attached hydrogen (secondary N) is 2. The van der Waals surface area contributed by atoms with Crippen molar-refractivity contribution in [3.8, 4) is 0 Å². The van der Waals surface area contributed by atoms with Crippen LogP contribution in [0, 0.1) is 5.92 Å². The van der Waals surface area contributed by atoms with Crippen LogP contribution >= 0.6 is 0 Å². The molecule has 0 aliphatic carbocycles. The van der Waals surface area contributed by atoms with E-state index in [4.69, 9.17) is 1.41 Å². The topological polar surface area (TPSA) is 82.5 Å². The standard InChI is InChI=1S/C23H32N6O2/c1-27-20-14-17(29-10-6-16(7-11-29)15-28-12-8-24-9-13-28)2-3-18(20)22(26-27)19-4-5-21(30)25-23(19)31/h2-3,14,16,19,24H,4-13,15H2,1H3,(H,25,30,31)/i/hD. The summed E-state index contributed by atoms with van der Waals surface area (Å²) in [4.78, 5) is 28.8. The average Bonchev–Trinajstić information content (AvgIpc) is 3.11. The Kier molecular flexibility index (Phi) is 5.33. The van der Waals surface area contributed by atoms with Gasteiger partial charge in [0.2, 0.25) is 11.8 Å². The highest BCUT2D eigenvalue weighted by atomic mass is 16.2. The highest BCUT2D eigenvalue weighted by Crippen LogP contribution is 2.33. The first-order valence-corrected chi connectivity index (χ1v) is 11.5. The quantitative estimate of drug-likeness (QED) is 0.717. The van der Waals surface area contributed by atoms with Crippen LogP contribution in [0.25, 0.3) is 10.9 Å². The predicted octanol–water partition coefficient (Wildman–Crippen LogP) is 1.22. The van der Waals surface area contributed by atoms with Gasteiger partial charge in [0.15, 0.2) is 0 Å². The highest BCUT2D eigenvalue weighted by molar-refractivity contribution is 6.02. The molecular weight excluding hydrogens is 392 g/mol. The number of benzene rings is 1. The molecule has 1 atom stereocenters. The number of nitrogens with zero attached hydrogens (tertiary/aromatic N) is 4. The predicted molar refractivity (Wildman–Crippen MR) is 120 cm³/mol. The minimum absolute atomic E-state index is 0.198. The van der Waals surface area contributed by atoms with Crippen LogP contribution in [0.2, 0.25) is 1.41 Å². The van der Waals surface area contributed by atoms with Gasteiger partial charge >= 0.3 is 0 Å². The third kappa shape index (κ3) is 4.19. The number of carbonyl (C=O) groups excluding carboxylic acids is 2. The van der Waals surface area contributed by atoms with E-state index in [1.54, 1.807) is 5.31 Å². The molecule has 3 aliphatic rings. The van der Waals surface area contributed by atoms with Gasteiger partial charge in [0.25, 0.3) is 0 Å². The lowest BCUT2D eigenvalue weighted by atomic mass is 9.92. The second-order valence-electron chi connectivity index (χ2n) is 9.12. The van der Waals surface area contributed by atoms with Gasteiger partial charge in [-0.05, 0) is 43.4 Å². The van der Waals surface area contributed by atoms with Crippen LogP contribution in [0.4, 0.5) is 5.69 Å². The van der Waals surface area contributed by atoms with Crippen molar-refractivity contribution in [3.05, 3.63) is 23.9 Å². The summed E-state index contributed by atoms with van der Waals surface area (Å²) in [6, 6.07) is 6.42. The molecule has 4 heterocycles. The maximum Gasteiger partial charge on any atom is 0.235 e. The molecule has 0 bridgehead atoms. The van der Waals surface area contributed by atoms with Crippen molar-refractivity contribution in [1.29, 1.82) is 0 Å². The van der Waals surface area contributed by atoms with E-state index in [1.807, 2.05) is 11.7 Å². The number of rotatable bonds is 4. The van der Waals surface area contributed by atoms with Crippen LogP contribution in [0.1, 0.15) is 37.3 Å². The number of carbonyl (C=O) groups is 2. The monoisotopic (exact) mass is 425 g/mol. The first-order chi connectivity index (χ1) is 15.5. The molecule has 3 aliphatic heterocycles. The molecular formula is C23H32N6O2. The number of piperazine rings is 1. The van der Waals surface area contributed by atoms with E-state index in [1.165, 1.54) is 18.5 Å². The van der Waals surface area contributed by atoms with Crippen molar-refractivity contribution < 1.29 is 11.0 Å². The molecule has 8 nitrogen and oxygen atoms in total. The molecule has 8 heteroatoms. The molecule has 3 fully saturated rings. The van der Waals surface area contributed by atoms with Gasteiger partial charge in [-0.1, -0.05) is 0 Å². The summed E-state index contributed by atoms with van der Waals surface area (Å²) in [6.07, 6.45) is 3.25. The third-order valence-electron chi connectivity index (χ3n) is 7.08. The fourth-order valence-corrected chi connectivity index (χ4v) is 5.25. The van der Waals surface area contributed by atoms with E-state index in [0.717, 1.165) is 68.3 Å². The summed E-state index contributed by atoms with van der Waals surface area (Å²) in [7, 11) is 1.92. The Morgan fingerprint density at radius 3 is 2.65 bits per heavy atom. The SMILES string of the molecule is [2H]N1CCN(CC2CCN(c3ccc4c(C5CCC(=O)NC5=O)nn(C)c4c3)CC2)CC1. The summed E-state index contributed by atoms with van der Waals surface area (Å²) in [5.41, 5.74) is 3.00. The largest absolute Gasteiger partial charge is 0.371 e. The first kappa shape index (κ1) is 19.3. The minimum atomic E-state index is -0.366. The van der Waals surface area contributed by atoms with Crippen molar-refractivity contribution in [2.75, 3.05) is 50.7 Å². The van der Waals surface area contributed by atoms with Crippen LogP contribution in [0.5, 0.6) is 0 Å². The number of fused-ring (bicyclic) bond motifs is 1. The molecule has 2 aromatic rings. The first-order valence-electron chi connectivity index (χ1n) is 11.9. The Morgan fingerprint density at radius 2 is 1.90 bits per heavy atom. The molecule has 5 rings (SSSR count). The van der Waals surface area contributed by atoms with E-state index >= 15 is 0 Å². The lowest BCUT2D eigenvalue weighted by molar-refractivity contribution is -0.134. The summed E-state index contributed by atoms with van der Waals surface area (Å²) in [6.45, 7) is 6.97. The van der Waals surface area contributed by atoms with Crippen LogP contribution in [0.15, 0.2) is 18.2 Å². The van der Waals surface area contributed by atoms with Gasteiger partial charge in [-0.25, -0.2) is 0 Å². The fraction of sp³-hybridized carbons (Fsp3) is 0.609. The lowest BCUT2D eigenvalue weighted by Crippen LogP contribution is -2.46. The van der Waals surface area contributed by atoms with Crippen molar-refractivity contribution >= 4 is 28.4 Å². The Morgan fingerprint density at radius 1 is 1.13 bits per heavy atom. The molecule has 3 saturated heterocycles. The summed E-state index contributed by atoms with van der Waals surface area (Å²) < 4.78 is 9.57. The summed E-state index contributed by atoms with van der Waals surface area (Å²) >= 11 is 0. The van der Waals surface area contributed by atoms with Crippen molar-refractivity contribution in [2.45, 2.75) is 31.6 Å². The molecule has 1 aromatic carbocycles. The zero-order valence-corrected chi connectivity index (χ0v) is 18.2. The smallest absolute Gasteiger partial charge is 0.235 e. The van der Waals surface area contributed by atoms with Crippen LogP contribution in [-0.4, -0.2) is 72.3 Å². The number of amides is 2. The van der Waals surface area contributed by atoms with Crippen molar-refractivity contribution in [1.82, 2.24) is 25.3 Å². The van der Waals surface area contributed by atoms with E-state index in [2.05, 4.69) is 38.4 Å². The zero-order chi connectivity index (χ0) is 22.2. The normalized spacial score (nSPS) is 25.1. The lowest BCUT2D eigenvalue weighted by Gasteiger charge is -2.37. The molecule has 2 N–H and O–H groups in total. The number of hydrogen-bond donors (Lipinski definition) is 2. The molecule has 0 saturated carbocycles. The van der Waals surface area contributed by atoms with Gasteiger partial charge < -0.3 is 15.1 Å². The van der Waals surface area contributed by atoms with Crippen LogP contribution in [-0.2, 0) is 16.6 Å². The molecule has 0 radical (unpaired) electrons. The van der Waals surface area contributed by atoms with Crippen molar-refractivity contribution in [2.24, 2.45) is 13.0 Å². The van der Waals surface area contributed by atoms with E-state index in [0.29, 0.717) is 12.8 Å². The summed E-state index contributed by atoms with van der Waals surface area (Å²) in [5, 5.41) is 9.77. The Labute approximate surface area is 184 Å².